The van der Waals surface area contributed by atoms with Crippen LogP contribution in [0.15, 0.2) is 77.3 Å². The predicted octanol–water partition coefficient (Wildman–Crippen LogP) is 7.61. The summed E-state index contributed by atoms with van der Waals surface area (Å²) >= 11 is 11.0. The quantitative estimate of drug-likeness (QED) is 0.232. The average Bonchev–Trinajstić information content (AvgIpc) is 3.18. The SMILES string of the molecule is COC(=O)c1c(NC(=O)COc2ccc(-c3ccccc3)cc2Br)sc(C)c1-c1cccc(Cl)c1. The van der Waals surface area contributed by atoms with Gasteiger partial charge in [-0.1, -0.05) is 60.1 Å². The van der Waals surface area contributed by atoms with Crippen LogP contribution in [0.4, 0.5) is 5.00 Å². The van der Waals surface area contributed by atoms with E-state index in [1.165, 1.54) is 18.4 Å². The van der Waals surface area contributed by atoms with Crippen LogP contribution in [0.5, 0.6) is 5.75 Å². The Labute approximate surface area is 220 Å². The number of halogens is 2. The zero-order valence-electron chi connectivity index (χ0n) is 18.9. The number of hydrogen-bond acceptors (Lipinski definition) is 5. The van der Waals surface area contributed by atoms with E-state index in [0.717, 1.165) is 26.0 Å². The van der Waals surface area contributed by atoms with Gasteiger partial charge in [0.2, 0.25) is 0 Å². The summed E-state index contributed by atoms with van der Waals surface area (Å²) in [6.45, 7) is 1.65. The number of anilines is 1. The van der Waals surface area contributed by atoms with Crippen LogP contribution >= 0.6 is 38.9 Å². The number of amides is 1. The molecule has 8 heteroatoms. The number of rotatable bonds is 7. The molecule has 1 amide bonds. The van der Waals surface area contributed by atoms with Crippen LogP contribution in [0.1, 0.15) is 15.2 Å². The third-order valence-electron chi connectivity index (χ3n) is 5.24. The van der Waals surface area contributed by atoms with E-state index in [1.807, 2.05) is 67.6 Å². The van der Waals surface area contributed by atoms with Crippen molar-refractivity contribution in [2.24, 2.45) is 0 Å². The Morgan fingerprint density at radius 1 is 0.971 bits per heavy atom. The summed E-state index contributed by atoms with van der Waals surface area (Å²) < 4.78 is 11.5. The van der Waals surface area contributed by atoms with Gasteiger partial charge in [-0.15, -0.1) is 11.3 Å². The number of aryl methyl sites for hydroxylation is 1. The fourth-order valence-electron chi connectivity index (χ4n) is 3.66. The lowest BCUT2D eigenvalue weighted by Crippen LogP contribution is -2.21. The van der Waals surface area contributed by atoms with Crippen molar-refractivity contribution in [1.82, 2.24) is 0 Å². The highest BCUT2D eigenvalue weighted by molar-refractivity contribution is 9.10. The molecule has 0 saturated carbocycles. The molecule has 0 fully saturated rings. The number of benzene rings is 3. The van der Waals surface area contributed by atoms with Gasteiger partial charge in [-0.05, 0) is 63.8 Å². The maximum atomic E-state index is 12.7. The number of carbonyl (C=O) groups is 2. The highest BCUT2D eigenvalue weighted by Gasteiger charge is 2.25. The lowest BCUT2D eigenvalue weighted by atomic mass is 10.0. The predicted molar refractivity (Wildman–Crippen MR) is 145 cm³/mol. The summed E-state index contributed by atoms with van der Waals surface area (Å²) in [4.78, 5) is 26.2. The molecule has 4 aromatic rings. The Kier molecular flexibility index (Phi) is 7.90. The van der Waals surface area contributed by atoms with Crippen LogP contribution < -0.4 is 10.1 Å². The first kappa shape index (κ1) is 25.0. The van der Waals surface area contributed by atoms with Crippen molar-refractivity contribution in [1.29, 1.82) is 0 Å². The van der Waals surface area contributed by atoms with E-state index < -0.39 is 11.9 Å². The monoisotopic (exact) mass is 569 g/mol. The van der Waals surface area contributed by atoms with Gasteiger partial charge >= 0.3 is 5.97 Å². The van der Waals surface area contributed by atoms with Crippen LogP contribution in [-0.2, 0) is 9.53 Å². The number of methoxy groups -OCH3 is 1. The molecule has 0 saturated heterocycles. The first-order valence-electron chi connectivity index (χ1n) is 10.6. The number of nitrogens with one attached hydrogen (secondary N) is 1. The molecule has 35 heavy (non-hydrogen) atoms. The van der Waals surface area contributed by atoms with Gasteiger partial charge in [0.05, 0.1) is 11.6 Å². The van der Waals surface area contributed by atoms with Gasteiger partial charge in [0.25, 0.3) is 5.91 Å². The van der Waals surface area contributed by atoms with Crippen molar-refractivity contribution in [3.63, 3.8) is 0 Å². The first-order valence-corrected chi connectivity index (χ1v) is 12.6. The number of esters is 1. The number of hydrogen-bond donors (Lipinski definition) is 1. The number of thiophene rings is 1. The average molecular weight is 571 g/mol. The summed E-state index contributed by atoms with van der Waals surface area (Å²) in [6.07, 6.45) is 0. The summed E-state index contributed by atoms with van der Waals surface area (Å²) in [5, 5.41) is 3.75. The molecular weight excluding hydrogens is 550 g/mol. The van der Waals surface area contributed by atoms with Crippen LogP contribution in [-0.4, -0.2) is 25.6 Å². The molecule has 0 aliphatic heterocycles. The van der Waals surface area contributed by atoms with E-state index in [9.17, 15) is 9.59 Å². The van der Waals surface area contributed by atoms with E-state index in [1.54, 1.807) is 12.1 Å². The smallest absolute Gasteiger partial charge is 0.341 e. The minimum Gasteiger partial charge on any atom is -0.483 e. The van der Waals surface area contributed by atoms with Crippen LogP contribution in [0.3, 0.4) is 0 Å². The molecule has 1 aromatic heterocycles. The molecule has 0 aliphatic rings. The maximum Gasteiger partial charge on any atom is 0.341 e. The van der Waals surface area contributed by atoms with E-state index in [-0.39, 0.29) is 6.61 Å². The molecule has 1 heterocycles. The third kappa shape index (κ3) is 5.75. The Balaban J connectivity index is 1.51. The Morgan fingerprint density at radius 3 is 2.40 bits per heavy atom. The second-order valence-corrected chi connectivity index (χ2v) is 10.1. The standard InChI is InChI=1S/C27H21BrClNO4S/c1-16-24(19-9-6-10-20(29)13-19)25(27(32)33-2)26(35-16)30-23(31)15-34-22-12-11-18(14-21(22)28)17-7-4-3-5-8-17/h3-14H,15H2,1-2H3,(H,30,31). The Bertz CT molecular complexity index is 1390. The van der Waals surface area contributed by atoms with E-state index in [2.05, 4.69) is 21.2 Å². The minimum absolute atomic E-state index is 0.229. The number of carbonyl (C=O) groups excluding carboxylic acids is 2. The zero-order chi connectivity index (χ0) is 24.9. The molecule has 0 aliphatic carbocycles. The van der Waals surface area contributed by atoms with Gasteiger partial charge in [0.15, 0.2) is 6.61 Å². The Morgan fingerprint density at radius 2 is 1.71 bits per heavy atom. The zero-order valence-corrected chi connectivity index (χ0v) is 22.1. The molecule has 4 rings (SSSR count). The van der Waals surface area contributed by atoms with E-state index in [4.69, 9.17) is 21.1 Å². The van der Waals surface area contributed by atoms with Crippen molar-refractivity contribution in [2.75, 3.05) is 19.0 Å². The van der Waals surface area contributed by atoms with Gasteiger partial charge < -0.3 is 14.8 Å². The summed E-state index contributed by atoms with van der Waals surface area (Å²) in [5.74, 6) is -0.400. The van der Waals surface area contributed by atoms with Crippen LogP contribution in [0.2, 0.25) is 5.02 Å². The molecule has 0 spiro atoms. The molecule has 178 valence electrons. The van der Waals surface area contributed by atoms with Gasteiger partial charge in [-0.25, -0.2) is 4.79 Å². The molecule has 0 atom stereocenters. The highest BCUT2D eigenvalue weighted by Crippen LogP contribution is 2.41. The van der Waals surface area contributed by atoms with Crippen molar-refractivity contribution in [2.45, 2.75) is 6.92 Å². The van der Waals surface area contributed by atoms with Gasteiger partial charge in [-0.2, -0.15) is 0 Å². The van der Waals surface area contributed by atoms with Crippen LogP contribution in [0.25, 0.3) is 22.3 Å². The third-order valence-corrected chi connectivity index (χ3v) is 7.11. The van der Waals surface area contributed by atoms with Gasteiger partial charge in [0.1, 0.15) is 16.3 Å². The van der Waals surface area contributed by atoms with Gasteiger partial charge in [0, 0.05) is 15.5 Å². The van der Waals surface area contributed by atoms with Gasteiger partial charge in [-0.3, -0.25) is 4.79 Å². The lowest BCUT2D eigenvalue weighted by Gasteiger charge is -2.11. The minimum atomic E-state index is -0.542. The highest BCUT2D eigenvalue weighted by atomic mass is 79.9. The molecule has 1 N–H and O–H groups in total. The summed E-state index contributed by atoms with van der Waals surface area (Å²) in [5.41, 5.74) is 3.85. The van der Waals surface area contributed by atoms with Crippen molar-refractivity contribution >= 4 is 55.7 Å². The number of ether oxygens (including phenoxy) is 2. The molecule has 0 radical (unpaired) electrons. The molecular formula is C27H21BrClNO4S. The largest absolute Gasteiger partial charge is 0.483 e. The van der Waals surface area contributed by atoms with Crippen LogP contribution in [0, 0.1) is 6.92 Å². The first-order chi connectivity index (χ1) is 16.9. The second-order valence-electron chi connectivity index (χ2n) is 7.59. The van der Waals surface area contributed by atoms with Crippen molar-refractivity contribution < 1.29 is 19.1 Å². The maximum absolute atomic E-state index is 12.7. The molecule has 0 bridgehead atoms. The van der Waals surface area contributed by atoms with E-state index >= 15 is 0 Å². The Hall–Kier alpha value is -3.13. The fraction of sp³-hybridized carbons (Fsp3) is 0.111. The molecule has 0 unspecified atom stereocenters. The fourth-order valence-corrected chi connectivity index (χ4v) is 5.42. The molecule has 5 nitrogen and oxygen atoms in total. The topological polar surface area (TPSA) is 64.6 Å². The normalized spacial score (nSPS) is 10.6. The lowest BCUT2D eigenvalue weighted by molar-refractivity contribution is -0.118. The second kappa shape index (κ2) is 11.1. The van der Waals surface area contributed by atoms with Crippen molar-refractivity contribution in [3.8, 4) is 28.0 Å². The van der Waals surface area contributed by atoms with E-state index in [0.29, 0.717) is 26.9 Å². The summed E-state index contributed by atoms with van der Waals surface area (Å²) in [6, 6.07) is 22.9. The molecule has 3 aromatic carbocycles. The summed E-state index contributed by atoms with van der Waals surface area (Å²) in [7, 11) is 1.31. The van der Waals surface area contributed by atoms with Crippen molar-refractivity contribution in [3.05, 3.63) is 92.7 Å².